The minimum absolute atomic E-state index is 0.000940. The number of carboxylic acid groups (broad SMARTS) is 1. The van der Waals surface area contributed by atoms with E-state index in [9.17, 15) is 13.2 Å². The zero-order chi connectivity index (χ0) is 22.4. The van der Waals surface area contributed by atoms with Crippen molar-refractivity contribution in [1.82, 2.24) is 9.71 Å². The van der Waals surface area contributed by atoms with E-state index >= 15 is 0 Å². The van der Waals surface area contributed by atoms with Gasteiger partial charge in [-0.3, -0.25) is 4.98 Å². The molecule has 0 bridgehead atoms. The number of carbonyl (C=O) groups is 1. The zero-order valence-corrected chi connectivity index (χ0v) is 18.5. The van der Waals surface area contributed by atoms with E-state index in [1.54, 1.807) is 48.8 Å². The highest BCUT2D eigenvalue weighted by Gasteiger charge is 2.24. The first-order valence-electron chi connectivity index (χ1n) is 9.92. The van der Waals surface area contributed by atoms with E-state index in [1.807, 2.05) is 0 Å². The second-order valence-corrected chi connectivity index (χ2v) is 10.2. The van der Waals surface area contributed by atoms with Gasteiger partial charge < -0.3 is 16.6 Å². The van der Waals surface area contributed by atoms with Crippen LogP contribution in [0.5, 0.6) is 0 Å². The van der Waals surface area contributed by atoms with Gasteiger partial charge in [0.2, 0.25) is 10.0 Å². The molecule has 0 saturated heterocycles. The van der Waals surface area contributed by atoms with Crippen LogP contribution in [0.3, 0.4) is 0 Å². The van der Waals surface area contributed by atoms with Gasteiger partial charge in [0.1, 0.15) is 4.88 Å². The summed E-state index contributed by atoms with van der Waals surface area (Å²) in [4.78, 5) is 15.1. The van der Waals surface area contributed by atoms with Crippen molar-refractivity contribution in [3.05, 3.63) is 59.2 Å². The average Bonchev–Trinajstić information content (AvgIpc) is 3.21. The average molecular weight is 463 g/mol. The first-order chi connectivity index (χ1) is 14.8. The van der Waals surface area contributed by atoms with Crippen molar-refractivity contribution < 1.29 is 18.3 Å². The third kappa shape index (κ3) is 6.31. The molecular formula is C21H26N4O4S2. The number of benzene rings is 1. The van der Waals surface area contributed by atoms with Crippen LogP contribution < -0.4 is 16.2 Å². The summed E-state index contributed by atoms with van der Waals surface area (Å²) in [5.41, 5.74) is 12.2. The van der Waals surface area contributed by atoms with Crippen LogP contribution in [0.25, 0.3) is 10.1 Å². The molecule has 1 aliphatic carbocycles. The number of aromatic nitrogens is 1. The predicted molar refractivity (Wildman–Crippen MR) is 121 cm³/mol. The fraction of sp³-hybridized carbons (Fsp3) is 0.333. The van der Waals surface area contributed by atoms with Gasteiger partial charge in [-0.15, -0.1) is 11.3 Å². The second-order valence-electron chi connectivity index (χ2n) is 7.41. The molecule has 0 atom stereocenters. The first kappa shape index (κ1) is 23.3. The summed E-state index contributed by atoms with van der Waals surface area (Å²) in [6.07, 6.45) is 6.69. The molecule has 1 aliphatic rings. The van der Waals surface area contributed by atoms with Crippen LogP contribution in [0.15, 0.2) is 53.7 Å². The Balaban J connectivity index is 0.000000194. The van der Waals surface area contributed by atoms with Crippen LogP contribution in [0.2, 0.25) is 0 Å². The van der Waals surface area contributed by atoms with Crippen molar-refractivity contribution in [1.29, 1.82) is 0 Å². The lowest BCUT2D eigenvalue weighted by molar-refractivity contribution is 0.0702. The molecule has 0 radical (unpaired) electrons. The lowest BCUT2D eigenvalue weighted by Crippen LogP contribution is -2.40. The summed E-state index contributed by atoms with van der Waals surface area (Å²) in [5.74, 6) is -0.879. The van der Waals surface area contributed by atoms with E-state index in [-0.39, 0.29) is 12.1 Å². The molecule has 1 fully saturated rings. The Hall–Kier alpha value is -2.37. The molecule has 6 N–H and O–H groups in total. The number of aromatic carboxylic acids is 1. The molecule has 3 aromatic rings. The molecule has 4 rings (SSSR count). The van der Waals surface area contributed by atoms with Crippen LogP contribution >= 0.6 is 11.3 Å². The Labute approximate surface area is 185 Å². The number of nitrogens with two attached hydrogens (primary N) is 2. The highest BCUT2D eigenvalue weighted by molar-refractivity contribution is 7.89. The third-order valence-corrected chi connectivity index (χ3v) is 7.71. The molecule has 1 aromatic carbocycles. The first-order valence-corrected chi connectivity index (χ1v) is 12.2. The van der Waals surface area contributed by atoms with Crippen molar-refractivity contribution in [2.24, 2.45) is 11.5 Å². The van der Waals surface area contributed by atoms with E-state index in [0.717, 1.165) is 41.3 Å². The molecule has 0 amide bonds. The number of hydrogen-bond acceptors (Lipinski definition) is 7. The fourth-order valence-electron chi connectivity index (χ4n) is 3.32. The summed E-state index contributed by atoms with van der Waals surface area (Å²) < 4.78 is 28.1. The van der Waals surface area contributed by atoms with E-state index < -0.39 is 16.0 Å². The Kier molecular flexibility index (Phi) is 7.74. The molecule has 2 heterocycles. The molecule has 2 aromatic heterocycles. The van der Waals surface area contributed by atoms with Gasteiger partial charge in [0, 0.05) is 31.0 Å². The van der Waals surface area contributed by atoms with E-state index in [2.05, 4.69) is 9.71 Å². The Bertz CT molecular complexity index is 1090. The number of fused-ring (bicyclic) bond motifs is 1. The standard InChI is InChI=1S/C13H21N3O2S.C8H5NO2S/c14-9-10-1-7-13(8-2-10)19(17,18)16-12-5-3-11(15)4-6-12;10-8(11)6-3-5-1-2-9-4-7(5)12-6/h1-2,7-8,11-12,16H,3-6,9,14-15H2;1-4H,(H,10,11). The van der Waals surface area contributed by atoms with Crippen molar-refractivity contribution in [3.63, 3.8) is 0 Å². The Morgan fingerprint density at radius 3 is 2.42 bits per heavy atom. The number of nitrogens with one attached hydrogen (secondary N) is 1. The topological polar surface area (TPSA) is 148 Å². The molecule has 31 heavy (non-hydrogen) atoms. The van der Waals surface area contributed by atoms with Crippen molar-refractivity contribution in [2.75, 3.05) is 0 Å². The van der Waals surface area contributed by atoms with Crippen molar-refractivity contribution >= 4 is 37.4 Å². The molecule has 0 spiro atoms. The quantitative estimate of drug-likeness (QED) is 0.455. The van der Waals surface area contributed by atoms with Crippen LogP contribution in [0.4, 0.5) is 0 Å². The molecule has 0 unspecified atom stereocenters. The van der Waals surface area contributed by atoms with Gasteiger partial charge in [0.05, 0.1) is 9.60 Å². The normalized spacial score (nSPS) is 18.9. The number of nitrogens with zero attached hydrogens (tertiary/aromatic N) is 1. The highest BCUT2D eigenvalue weighted by atomic mass is 32.2. The highest BCUT2D eigenvalue weighted by Crippen LogP contribution is 2.24. The maximum absolute atomic E-state index is 12.2. The van der Waals surface area contributed by atoms with E-state index in [0.29, 0.717) is 16.3 Å². The lowest BCUT2D eigenvalue weighted by Gasteiger charge is -2.26. The summed E-state index contributed by atoms with van der Waals surface area (Å²) in [7, 11) is -3.43. The summed E-state index contributed by atoms with van der Waals surface area (Å²) in [6.45, 7) is 0.411. The Morgan fingerprint density at radius 1 is 1.16 bits per heavy atom. The van der Waals surface area contributed by atoms with E-state index in [4.69, 9.17) is 16.6 Å². The van der Waals surface area contributed by atoms with Gasteiger partial charge in [-0.1, -0.05) is 12.1 Å². The van der Waals surface area contributed by atoms with Gasteiger partial charge in [0.25, 0.3) is 0 Å². The molecule has 1 saturated carbocycles. The summed E-state index contributed by atoms with van der Waals surface area (Å²) in [6, 6.07) is 10.3. The number of pyridine rings is 1. The Morgan fingerprint density at radius 2 is 1.84 bits per heavy atom. The van der Waals surface area contributed by atoms with Crippen LogP contribution in [0, 0.1) is 0 Å². The van der Waals surface area contributed by atoms with E-state index in [1.165, 1.54) is 11.3 Å². The van der Waals surface area contributed by atoms with Crippen LogP contribution in [-0.4, -0.2) is 36.6 Å². The van der Waals surface area contributed by atoms with Gasteiger partial charge in [0.15, 0.2) is 0 Å². The third-order valence-electron chi connectivity index (χ3n) is 5.10. The minimum atomic E-state index is -3.43. The molecule has 8 nitrogen and oxygen atoms in total. The predicted octanol–water partition coefficient (Wildman–Crippen LogP) is 2.69. The van der Waals surface area contributed by atoms with Gasteiger partial charge in [-0.05, 0) is 60.9 Å². The minimum Gasteiger partial charge on any atom is -0.477 e. The molecule has 166 valence electrons. The molecule has 0 aliphatic heterocycles. The monoisotopic (exact) mass is 462 g/mol. The van der Waals surface area contributed by atoms with Crippen molar-refractivity contribution in [2.45, 2.75) is 49.2 Å². The SMILES string of the molecule is NCc1ccc(S(=O)(=O)NC2CCC(N)CC2)cc1.O=C(O)c1cc2ccncc2s1. The number of rotatable bonds is 5. The number of carboxylic acids is 1. The lowest BCUT2D eigenvalue weighted by atomic mass is 9.93. The summed E-state index contributed by atoms with van der Waals surface area (Å²) >= 11 is 1.24. The largest absolute Gasteiger partial charge is 0.477 e. The zero-order valence-electron chi connectivity index (χ0n) is 16.9. The smallest absolute Gasteiger partial charge is 0.345 e. The number of hydrogen-bond donors (Lipinski definition) is 4. The van der Waals surface area contributed by atoms with Gasteiger partial charge >= 0.3 is 5.97 Å². The number of thiophene rings is 1. The van der Waals surface area contributed by atoms with Crippen LogP contribution in [-0.2, 0) is 16.6 Å². The second kappa shape index (κ2) is 10.3. The molecular weight excluding hydrogens is 436 g/mol. The fourth-order valence-corrected chi connectivity index (χ4v) is 5.49. The molecule has 10 heteroatoms. The number of sulfonamides is 1. The summed E-state index contributed by atoms with van der Waals surface area (Å²) in [5, 5.41) is 9.61. The van der Waals surface area contributed by atoms with Gasteiger partial charge in [-0.25, -0.2) is 17.9 Å². The van der Waals surface area contributed by atoms with Gasteiger partial charge in [-0.2, -0.15) is 0 Å². The maximum Gasteiger partial charge on any atom is 0.345 e. The van der Waals surface area contributed by atoms with Crippen LogP contribution in [0.1, 0.15) is 40.9 Å². The van der Waals surface area contributed by atoms with Crippen molar-refractivity contribution in [3.8, 4) is 0 Å². The maximum atomic E-state index is 12.2.